The maximum absolute atomic E-state index is 12.5. The number of carbonyl (C=O) groups excluding carboxylic acids is 2. The van der Waals surface area contributed by atoms with Crippen molar-refractivity contribution in [1.82, 2.24) is 10.2 Å². The van der Waals surface area contributed by atoms with E-state index in [0.717, 1.165) is 12.8 Å². The van der Waals surface area contributed by atoms with E-state index in [-0.39, 0.29) is 17.9 Å². The lowest BCUT2D eigenvalue weighted by Gasteiger charge is -2.44. The minimum Gasteiger partial charge on any atom is -0.383 e. The third-order valence-corrected chi connectivity index (χ3v) is 4.05. The van der Waals surface area contributed by atoms with Crippen LogP contribution in [-0.4, -0.2) is 48.6 Å². The number of hydrogen-bond donors (Lipinski definition) is 1. The fourth-order valence-electron chi connectivity index (χ4n) is 2.53. The second kappa shape index (κ2) is 4.88. The van der Waals surface area contributed by atoms with Crippen molar-refractivity contribution in [2.75, 3.05) is 20.3 Å². The highest BCUT2D eigenvalue weighted by molar-refractivity contribution is 5.99. The Kier molecular flexibility index (Phi) is 3.61. The smallest absolute Gasteiger partial charge is 0.248 e. The maximum atomic E-state index is 12.5. The van der Waals surface area contributed by atoms with E-state index >= 15 is 0 Å². The zero-order chi connectivity index (χ0) is 13.3. The molecule has 2 rings (SSSR count). The van der Waals surface area contributed by atoms with Crippen LogP contribution in [0.3, 0.4) is 0 Å². The normalized spacial score (nSPS) is 32.6. The number of methoxy groups -OCH3 is 1. The quantitative estimate of drug-likeness (QED) is 0.779. The van der Waals surface area contributed by atoms with Crippen molar-refractivity contribution >= 4 is 11.8 Å². The molecule has 2 aliphatic rings. The van der Waals surface area contributed by atoms with Gasteiger partial charge in [0.15, 0.2) is 0 Å². The molecule has 1 saturated carbocycles. The molecule has 1 aliphatic heterocycles. The molecule has 1 saturated heterocycles. The van der Waals surface area contributed by atoms with Crippen LogP contribution in [0.5, 0.6) is 0 Å². The van der Waals surface area contributed by atoms with E-state index < -0.39 is 5.54 Å². The molecule has 0 radical (unpaired) electrons. The van der Waals surface area contributed by atoms with Gasteiger partial charge < -0.3 is 15.0 Å². The van der Waals surface area contributed by atoms with Crippen LogP contribution in [0.1, 0.15) is 33.1 Å². The molecule has 2 amide bonds. The van der Waals surface area contributed by atoms with E-state index in [1.54, 1.807) is 18.9 Å². The van der Waals surface area contributed by atoms with Gasteiger partial charge in [-0.25, -0.2) is 0 Å². The number of nitrogens with one attached hydrogen (secondary N) is 1. The Hall–Kier alpha value is -1.10. The molecule has 0 aromatic heterocycles. The first-order valence-electron chi connectivity index (χ1n) is 6.65. The Morgan fingerprint density at radius 2 is 2.11 bits per heavy atom. The third kappa shape index (κ3) is 2.23. The van der Waals surface area contributed by atoms with Gasteiger partial charge in [0.05, 0.1) is 6.61 Å². The number of amides is 2. The van der Waals surface area contributed by atoms with Gasteiger partial charge in [-0.3, -0.25) is 9.59 Å². The lowest BCUT2D eigenvalue weighted by molar-refractivity contribution is -0.156. The highest BCUT2D eigenvalue weighted by Gasteiger charge is 2.51. The van der Waals surface area contributed by atoms with Gasteiger partial charge in [0.2, 0.25) is 11.8 Å². The van der Waals surface area contributed by atoms with Crippen LogP contribution in [0.25, 0.3) is 0 Å². The van der Waals surface area contributed by atoms with E-state index in [4.69, 9.17) is 4.74 Å². The zero-order valence-corrected chi connectivity index (χ0v) is 11.4. The van der Waals surface area contributed by atoms with Gasteiger partial charge in [0, 0.05) is 13.7 Å². The van der Waals surface area contributed by atoms with E-state index in [0.29, 0.717) is 25.5 Å². The summed E-state index contributed by atoms with van der Waals surface area (Å²) < 4.78 is 5.05. The van der Waals surface area contributed by atoms with Gasteiger partial charge >= 0.3 is 0 Å². The minimum atomic E-state index is -0.754. The van der Waals surface area contributed by atoms with Gasteiger partial charge in [-0.2, -0.15) is 0 Å². The van der Waals surface area contributed by atoms with Gasteiger partial charge in [-0.05, 0) is 32.1 Å². The number of carbonyl (C=O) groups is 2. The Balaban J connectivity index is 2.21. The van der Waals surface area contributed by atoms with Gasteiger partial charge in [-0.15, -0.1) is 0 Å². The van der Waals surface area contributed by atoms with Crippen LogP contribution >= 0.6 is 0 Å². The van der Waals surface area contributed by atoms with Gasteiger partial charge in [0.25, 0.3) is 0 Å². The fourth-order valence-corrected chi connectivity index (χ4v) is 2.53. The standard InChI is InChI=1S/C13H22N2O3/c1-4-13(2)12(17)15(7-8-18-3)10(9-5-6-9)11(16)14-13/h9-10H,4-8H2,1-3H3,(H,14,16). The summed E-state index contributed by atoms with van der Waals surface area (Å²) in [6, 6.07) is -0.285. The maximum Gasteiger partial charge on any atom is 0.248 e. The first-order chi connectivity index (χ1) is 8.53. The van der Waals surface area contributed by atoms with E-state index in [1.165, 1.54) is 0 Å². The largest absolute Gasteiger partial charge is 0.383 e. The number of ether oxygens (including phenoxy) is 1. The highest BCUT2D eigenvalue weighted by atomic mass is 16.5. The van der Waals surface area contributed by atoms with Gasteiger partial charge in [0.1, 0.15) is 11.6 Å². The molecule has 5 heteroatoms. The van der Waals surface area contributed by atoms with Crippen molar-refractivity contribution in [1.29, 1.82) is 0 Å². The lowest BCUT2D eigenvalue weighted by Crippen LogP contribution is -2.69. The highest BCUT2D eigenvalue weighted by Crippen LogP contribution is 2.38. The topological polar surface area (TPSA) is 58.6 Å². The Morgan fingerprint density at radius 3 is 2.61 bits per heavy atom. The lowest BCUT2D eigenvalue weighted by atomic mass is 9.90. The predicted molar refractivity (Wildman–Crippen MR) is 66.9 cm³/mol. The Labute approximate surface area is 108 Å². The van der Waals surface area contributed by atoms with E-state index in [9.17, 15) is 9.59 Å². The van der Waals surface area contributed by atoms with Gasteiger partial charge in [-0.1, -0.05) is 6.92 Å². The van der Waals surface area contributed by atoms with Crippen LogP contribution < -0.4 is 5.32 Å². The molecule has 1 N–H and O–H groups in total. The summed E-state index contributed by atoms with van der Waals surface area (Å²) in [5, 5.41) is 2.90. The zero-order valence-electron chi connectivity index (χ0n) is 11.4. The molecule has 5 nitrogen and oxygen atoms in total. The molecule has 18 heavy (non-hydrogen) atoms. The molecular formula is C13H22N2O3. The van der Waals surface area contributed by atoms with Crippen LogP contribution in [0, 0.1) is 5.92 Å². The number of rotatable bonds is 5. The predicted octanol–water partition coefficient (Wildman–Crippen LogP) is 0.539. The second-order valence-corrected chi connectivity index (χ2v) is 5.45. The molecule has 102 valence electrons. The van der Waals surface area contributed by atoms with Crippen molar-refractivity contribution in [2.45, 2.75) is 44.7 Å². The molecule has 0 aromatic carbocycles. The van der Waals surface area contributed by atoms with Crippen molar-refractivity contribution in [3.8, 4) is 0 Å². The number of hydrogen-bond acceptors (Lipinski definition) is 3. The van der Waals surface area contributed by atoms with Crippen LogP contribution in [-0.2, 0) is 14.3 Å². The summed E-state index contributed by atoms with van der Waals surface area (Å²) in [4.78, 5) is 26.5. The van der Waals surface area contributed by atoms with Crippen LogP contribution in [0.4, 0.5) is 0 Å². The molecule has 2 fully saturated rings. The average molecular weight is 254 g/mol. The van der Waals surface area contributed by atoms with Crippen molar-refractivity contribution in [3.05, 3.63) is 0 Å². The molecule has 2 atom stereocenters. The summed E-state index contributed by atoms with van der Waals surface area (Å²) in [6.45, 7) is 4.70. The van der Waals surface area contributed by atoms with Crippen LogP contribution in [0.2, 0.25) is 0 Å². The summed E-state index contributed by atoms with van der Waals surface area (Å²) in [5.74, 6) is 0.364. The molecule has 1 aliphatic carbocycles. The third-order valence-electron chi connectivity index (χ3n) is 4.05. The summed E-state index contributed by atoms with van der Waals surface area (Å²) in [7, 11) is 1.61. The second-order valence-electron chi connectivity index (χ2n) is 5.45. The molecule has 0 spiro atoms. The van der Waals surface area contributed by atoms with Crippen LogP contribution in [0.15, 0.2) is 0 Å². The Morgan fingerprint density at radius 1 is 1.44 bits per heavy atom. The SMILES string of the molecule is CCC1(C)NC(=O)C(C2CC2)N(CCOC)C1=O. The molecule has 2 unspecified atom stereocenters. The molecule has 0 bridgehead atoms. The summed E-state index contributed by atoms with van der Waals surface area (Å²) >= 11 is 0. The monoisotopic (exact) mass is 254 g/mol. The number of nitrogens with zero attached hydrogens (tertiary/aromatic N) is 1. The molecular weight excluding hydrogens is 232 g/mol. The number of piperazine rings is 1. The van der Waals surface area contributed by atoms with Crippen molar-refractivity contribution in [3.63, 3.8) is 0 Å². The summed E-state index contributed by atoms with van der Waals surface area (Å²) in [6.07, 6.45) is 2.69. The molecule has 0 aromatic rings. The Bertz CT molecular complexity index is 354. The first kappa shape index (κ1) is 13.3. The average Bonchev–Trinajstić information content (AvgIpc) is 3.16. The van der Waals surface area contributed by atoms with E-state index in [1.807, 2.05) is 6.92 Å². The first-order valence-corrected chi connectivity index (χ1v) is 6.65. The summed E-state index contributed by atoms with van der Waals surface area (Å²) in [5.41, 5.74) is -0.754. The minimum absolute atomic E-state index is 0.00227. The van der Waals surface area contributed by atoms with Crippen molar-refractivity contribution in [2.24, 2.45) is 5.92 Å². The van der Waals surface area contributed by atoms with E-state index in [2.05, 4.69) is 5.32 Å². The fraction of sp³-hybridized carbons (Fsp3) is 0.846. The van der Waals surface area contributed by atoms with Crippen molar-refractivity contribution < 1.29 is 14.3 Å². The molecule has 1 heterocycles.